The molecule has 0 aromatic heterocycles. The predicted molar refractivity (Wildman–Crippen MR) is 90.0 cm³/mol. The van der Waals surface area contributed by atoms with Crippen molar-refractivity contribution in [1.29, 1.82) is 0 Å². The van der Waals surface area contributed by atoms with E-state index in [9.17, 15) is 17.6 Å². The molecule has 134 valence electrons. The molecule has 0 saturated carbocycles. The molecule has 1 aliphatic rings. The van der Waals surface area contributed by atoms with Gasteiger partial charge in [0.05, 0.1) is 5.75 Å². The fraction of sp³-hybridized carbons (Fsp3) is 0.562. The molecule has 24 heavy (non-hydrogen) atoms. The highest BCUT2D eigenvalue weighted by Crippen LogP contribution is 2.16. The topological polar surface area (TPSA) is 92.5 Å². The fourth-order valence-electron chi connectivity index (χ4n) is 2.92. The number of halogens is 1. The van der Waals surface area contributed by atoms with Gasteiger partial charge in [-0.05, 0) is 31.9 Å². The third-order valence-corrected chi connectivity index (χ3v) is 4.91. The van der Waals surface area contributed by atoms with Crippen molar-refractivity contribution in [3.05, 3.63) is 35.6 Å². The number of hydrogen-bond acceptors (Lipinski definition) is 4. The summed E-state index contributed by atoms with van der Waals surface area (Å²) in [4.78, 5) is 14.0. The molecule has 1 saturated heterocycles. The maximum Gasteiger partial charge on any atom is 0.220 e. The van der Waals surface area contributed by atoms with E-state index < -0.39 is 10.0 Å². The fourth-order valence-corrected chi connectivity index (χ4v) is 3.46. The van der Waals surface area contributed by atoms with Gasteiger partial charge in [0.1, 0.15) is 5.82 Å². The zero-order valence-corrected chi connectivity index (χ0v) is 14.4. The average molecular weight is 357 g/mol. The second-order valence-corrected chi connectivity index (χ2v) is 7.94. The van der Waals surface area contributed by atoms with E-state index in [4.69, 9.17) is 5.14 Å². The van der Waals surface area contributed by atoms with Crippen LogP contribution in [0, 0.1) is 5.82 Å². The number of sulfonamides is 1. The number of primary sulfonamides is 1. The van der Waals surface area contributed by atoms with E-state index in [1.807, 2.05) is 6.07 Å². The van der Waals surface area contributed by atoms with Crippen molar-refractivity contribution >= 4 is 15.9 Å². The Bertz CT molecular complexity index is 666. The summed E-state index contributed by atoms with van der Waals surface area (Å²) in [7, 11) is -3.52. The number of amides is 1. The molecule has 0 spiro atoms. The van der Waals surface area contributed by atoms with Crippen molar-refractivity contribution in [2.45, 2.75) is 38.3 Å². The van der Waals surface area contributed by atoms with E-state index in [1.165, 1.54) is 6.07 Å². The van der Waals surface area contributed by atoms with Crippen LogP contribution in [0.4, 0.5) is 4.39 Å². The summed E-state index contributed by atoms with van der Waals surface area (Å²) in [5, 5.41) is 7.84. The van der Waals surface area contributed by atoms with E-state index in [0.717, 1.165) is 19.4 Å². The maximum atomic E-state index is 13.7. The molecule has 0 unspecified atom stereocenters. The zero-order valence-electron chi connectivity index (χ0n) is 13.6. The van der Waals surface area contributed by atoms with Gasteiger partial charge in [-0.15, -0.1) is 0 Å². The molecule has 0 bridgehead atoms. The molecule has 0 radical (unpaired) electrons. The number of rotatable bonds is 7. The molecule has 1 atom stereocenters. The van der Waals surface area contributed by atoms with Crippen LogP contribution in [-0.4, -0.2) is 44.1 Å². The van der Waals surface area contributed by atoms with Gasteiger partial charge in [-0.25, -0.2) is 17.9 Å². The number of carbonyl (C=O) groups excluding carboxylic acids is 1. The van der Waals surface area contributed by atoms with Gasteiger partial charge in [0.25, 0.3) is 0 Å². The Kier molecular flexibility index (Phi) is 6.70. The highest BCUT2D eigenvalue weighted by molar-refractivity contribution is 7.89. The van der Waals surface area contributed by atoms with Crippen LogP contribution in [0.3, 0.4) is 0 Å². The number of likely N-dealkylation sites (tertiary alicyclic amines) is 1. The van der Waals surface area contributed by atoms with Crippen molar-refractivity contribution in [3.8, 4) is 0 Å². The Morgan fingerprint density at radius 3 is 2.83 bits per heavy atom. The standard InChI is InChI=1S/C16H24FN3O3S/c17-15-7-2-1-5-13(15)11-20-9-3-6-14(12-20)19-16(21)8-4-10-24(18,22)23/h1-2,5,7,14H,3-4,6,8-12H2,(H,19,21)(H2,18,22,23)/t14-/m0/s1. The zero-order chi connectivity index (χ0) is 17.6. The number of nitrogens with one attached hydrogen (secondary N) is 1. The van der Waals surface area contributed by atoms with Crippen molar-refractivity contribution < 1.29 is 17.6 Å². The SMILES string of the molecule is NS(=O)(=O)CCCC(=O)N[C@H]1CCCN(Cc2ccccc2F)C1. The van der Waals surface area contributed by atoms with Crippen LogP contribution >= 0.6 is 0 Å². The van der Waals surface area contributed by atoms with Crippen molar-refractivity contribution in [2.24, 2.45) is 5.14 Å². The molecular formula is C16H24FN3O3S. The average Bonchev–Trinajstić information content (AvgIpc) is 2.48. The molecular weight excluding hydrogens is 333 g/mol. The van der Waals surface area contributed by atoms with E-state index in [-0.39, 0.29) is 36.4 Å². The van der Waals surface area contributed by atoms with Crippen LogP contribution in [0.25, 0.3) is 0 Å². The first kappa shape index (κ1) is 18.8. The van der Waals surface area contributed by atoms with Crippen LogP contribution in [0.2, 0.25) is 0 Å². The molecule has 1 amide bonds. The summed E-state index contributed by atoms with van der Waals surface area (Å²) < 4.78 is 35.4. The maximum absolute atomic E-state index is 13.7. The van der Waals surface area contributed by atoms with Crippen LogP contribution in [0.1, 0.15) is 31.2 Å². The minimum atomic E-state index is -3.52. The third-order valence-electron chi connectivity index (χ3n) is 4.06. The van der Waals surface area contributed by atoms with Crippen LogP contribution in [0.5, 0.6) is 0 Å². The predicted octanol–water partition coefficient (Wildman–Crippen LogP) is 0.975. The van der Waals surface area contributed by atoms with Crippen molar-refractivity contribution in [1.82, 2.24) is 10.2 Å². The lowest BCUT2D eigenvalue weighted by molar-refractivity contribution is -0.122. The van der Waals surface area contributed by atoms with Crippen molar-refractivity contribution in [3.63, 3.8) is 0 Å². The number of benzene rings is 1. The molecule has 1 aliphatic heterocycles. The second-order valence-electron chi connectivity index (χ2n) is 6.20. The highest BCUT2D eigenvalue weighted by atomic mass is 32.2. The van der Waals surface area contributed by atoms with Gasteiger partial charge in [0.2, 0.25) is 15.9 Å². The molecule has 1 aromatic rings. The van der Waals surface area contributed by atoms with E-state index in [2.05, 4.69) is 10.2 Å². The summed E-state index contributed by atoms with van der Waals surface area (Å²) >= 11 is 0. The van der Waals surface area contributed by atoms with Crippen LogP contribution < -0.4 is 10.5 Å². The second kappa shape index (κ2) is 8.55. The van der Waals surface area contributed by atoms with Gasteiger partial charge in [-0.3, -0.25) is 9.69 Å². The monoisotopic (exact) mass is 357 g/mol. The Morgan fingerprint density at radius 1 is 1.38 bits per heavy atom. The Labute approximate surface area is 142 Å². The summed E-state index contributed by atoms with van der Waals surface area (Å²) in [5.74, 6) is -0.576. The highest BCUT2D eigenvalue weighted by Gasteiger charge is 2.22. The first-order valence-electron chi connectivity index (χ1n) is 8.09. The number of piperidine rings is 1. The number of nitrogens with two attached hydrogens (primary N) is 1. The number of hydrogen-bond donors (Lipinski definition) is 2. The van der Waals surface area contributed by atoms with Crippen LogP contribution in [0.15, 0.2) is 24.3 Å². The quantitative estimate of drug-likeness (QED) is 0.761. The molecule has 1 heterocycles. The lowest BCUT2D eigenvalue weighted by Gasteiger charge is -2.33. The van der Waals surface area contributed by atoms with Gasteiger partial charge >= 0.3 is 0 Å². The van der Waals surface area contributed by atoms with Gasteiger partial charge in [0, 0.05) is 31.1 Å². The summed E-state index contributed by atoms with van der Waals surface area (Å²) in [6.07, 6.45) is 2.15. The largest absolute Gasteiger partial charge is 0.352 e. The first-order valence-corrected chi connectivity index (χ1v) is 9.80. The smallest absolute Gasteiger partial charge is 0.220 e. The summed E-state index contributed by atoms with van der Waals surface area (Å²) in [6, 6.07) is 6.70. The molecule has 1 aromatic carbocycles. The van der Waals surface area contributed by atoms with E-state index >= 15 is 0 Å². The van der Waals surface area contributed by atoms with E-state index in [1.54, 1.807) is 12.1 Å². The third kappa shape index (κ3) is 6.54. The first-order chi connectivity index (χ1) is 11.3. The number of nitrogens with zero attached hydrogens (tertiary/aromatic N) is 1. The van der Waals surface area contributed by atoms with E-state index in [0.29, 0.717) is 18.7 Å². The minimum Gasteiger partial charge on any atom is -0.352 e. The minimum absolute atomic E-state index is 0.00695. The molecule has 0 aliphatic carbocycles. The van der Waals surface area contributed by atoms with Gasteiger partial charge in [-0.2, -0.15) is 0 Å². The normalized spacial score (nSPS) is 19.2. The number of carbonyl (C=O) groups is 1. The Morgan fingerprint density at radius 2 is 2.12 bits per heavy atom. The Balaban J connectivity index is 1.78. The molecule has 3 N–H and O–H groups in total. The molecule has 8 heteroatoms. The summed E-state index contributed by atoms with van der Waals surface area (Å²) in [5.41, 5.74) is 0.651. The van der Waals surface area contributed by atoms with Gasteiger partial charge in [0.15, 0.2) is 0 Å². The van der Waals surface area contributed by atoms with Gasteiger partial charge in [-0.1, -0.05) is 18.2 Å². The lowest BCUT2D eigenvalue weighted by atomic mass is 10.0. The van der Waals surface area contributed by atoms with Crippen molar-refractivity contribution in [2.75, 3.05) is 18.8 Å². The Hall–Kier alpha value is -1.51. The molecule has 1 fully saturated rings. The molecule has 2 rings (SSSR count). The summed E-state index contributed by atoms with van der Waals surface area (Å²) in [6.45, 7) is 2.05. The molecule has 6 nitrogen and oxygen atoms in total. The van der Waals surface area contributed by atoms with Crippen LogP contribution in [-0.2, 0) is 21.4 Å². The lowest BCUT2D eigenvalue weighted by Crippen LogP contribution is -2.47. The van der Waals surface area contributed by atoms with Gasteiger partial charge < -0.3 is 5.32 Å².